The standard InChI is InChI=1S/C9H21O4P/c1-7(4-10)11-5-8(2)12-6-9(3)13-14/h7-10H,4-6,14H2,1-3H3. The van der Waals surface area contributed by atoms with Gasteiger partial charge in [0.1, 0.15) is 0 Å². The van der Waals surface area contributed by atoms with Crippen molar-refractivity contribution in [3.8, 4) is 0 Å². The highest BCUT2D eigenvalue weighted by Gasteiger charge is 2.08. The Bertz CT molecular complexity index is 120. The van der Waals surface area contributed by atoms with Crippen molar-refractivity contribution in [1.29, 1.82) is 0 Å². The van der Waals surface area contributed by atoms with Gasteiger partial charge >= 0.3 is 0 Å². The van der Waals surface area contributed by atoms with Gasteiger partial charge in [-0.3, -0.25) is 0 Å². The molecule has 4 nitrogen and oxygen atoms in total. The molecule has 0 rings (SSSR count). The van der Waals surface area contributed by atoms with Gasteiger partial charge in [0, 0.05) is 9.47 Å². The zero-order valence-corrected chi connectivity index (χ0v) is 10.3. The van der Waals surface area contributed by atoms with E-state index in [2.05, 4.69) is 9.47 Å². The van der Waals surface area contributed by atoms with Crippen molar-refractivity contribution in [1.82, 2.24) is 0 Å². The Morgan fingerprint density at radius 3 is 2.00 bits per heavy atom. The van der Waals surface area contributed by atoms with E-state index in [0.29, 0.717) is 13.2 Å². The fourth-order valence-corrected chi connectivity index (χ4v) is 0.818. The Balaban J connectivity index is 3.40. The molecule has 0 aliphatic carbocycles. The van der Waals surface area contributed by atoms with E-state index < -0.39 is 0 Å². The molecule has 4 unspecified atom stereocenters. The predicted molar refractivity (Wildman–Crippen MR) is 58.2 cm³/mol. The van der Waals surface area contributed by atoms with Crippen molar-refractivity contribution < 1.29 is 19.1 Å². The van der Waals surface area contributed by atoms with Crippen LogP contribution in [0.3, 0.4) is 0 Å². The zero-order valence-electron chi connectivity index (χ0n) is 9.10. The van der Waals surface area contributed by atoms with Crippen molar-refractivity contribution in [3.05, 3.63) is 0 Å². The maximum Gasteiger partial charge on any atom is 0.0816 e. The molecule has 0 amide bonds. The lowest BCUT2D eigenvalue weighted by Gasteiger charge is -2.18. The second-order valence-corrected chi connectivity index (χ2v) is 3.69. The molecule has 0 aliphatic heterocycles. The van der Waals surface area contributed by atoms with E-state index in [1.165, 1.54) is 0 Å². The summed E-state index contributed by atoms with van der Waals surface area (Å²) in [5, 5.41) is 8.72. The van der Waals surface area contributed by atoms with Crippen LogP contribution in [0.25, 0.3) is 0 Å². The lowest BCUT2D eigenvalue weighted by Crippen LogP contribution is -2.25. The van der Waals surface area contributed by atoms with Crippen LogP contribution in [-0.4, -0.2) is 43.2 Å². The second kappa shape index (κ2) is 8.57. The van der Waals surface area contributed by atoms with Crippen LogP contribution in [0.15, 0.2) is 0 Å². The quantitative estimate of drug-likeness (QED) is 0.624. The normalized spacial score (nSPS) is 17.8. The number of ether oxygens (including phenoxy) is 2. The molecule has 0 aromatic carbocycles. The van der Waals surface area contributed by atoms with Crippen molar-refractivity contribution in [2.24, 2.45) is 0 Å². The molecule has 0 saturated heterocycles. The average molecular weight is 224 g/mol. The molecule has 0 bridgehead atoms. The van der Waals surface area contributed by atoms with Gasteiger partial charge in [-0.1, -0.05) is 0 Å². The zero-order chi connectivity index (χ0) is 11.0. The minimum atomic E-state index is -0.128. The molecule has 5 heteroatoms. The van der Waals surface area contributed by atoms with E-state index in [9.17, 15) is 0 Å². The Morgan fingerprint density at radius 1 is 1.00 bits per heavy atom. The van der Waals surface area contributed by atoms with Gasteiger partial charge in [0.05, 0.1) is 38.1 Å². The van der Waals surface area contributed by atoms with Gasteiger partial charge in [-0.15, -0.1) is 0 Å². The van der Waals surface area contributed by atoms with E-state index in [1.54, 1.807) is 0 Å². The molecule has 0 aromatic rings. The van der Waals surface area contributed by atoms with E-state index in [-0.39, 0.29) is 24.9 Å². The van der Waals surface area contributed by atoms with Crippen molar-refractivity contribution in [2.45, 2.75) is 39.1 Å². The highest BCUT2D eigenvalue weighted by atomic mass is 31.0. The summed E-state index contributed by atoms with van der Waals surface area (Å²) in [7, 11) is 2.21. The summed E-state index contributed by atoms with van der Waals surface area (Å²) in [4.78, 5) is 0. The third-order valence-electron chi connectivity index (χ3n) is 1.72. The predicted octanol–water partition coefficient (Wildman–Crippen LogP) is 0.984. The Kier molecular flexibility index (Phi) is 8.73. The first kappa shape index (κ1) is 14.3. The second-order valence-electron chi connectivity index (χ2n) is 3.42. The molecule has 0 saturated carbocycles. The third-order valence-corrected chi connectivity index (χ3v) is 2.18. The number of aliphatic hydroxyl groups is 1. The smallest absolute Gasteiger partial charge is 0.0816 e. The third kappa shape index (κ3) is 7.65. The number of aliphatic hydroxyl groups excluding tert-OH is 1. The Morgan fingerprint density at radius 2 is 1.50 bits per heavy atom. The molecule has 0 aromatic heterocycles. The monoisotopic (exact) mass is 224 g/mol. The Labute approximate surface area is 88.2 Å². The molecule has 0 radical (unpaired) electrons. The van der Waals surface area contributed by atoms with Crippen LogP contribution in [0.2, 0.25) is 0 Å². The van der Waals surface area contributed by atoms with Crippen molar-refractivity contribution >= 4 is 9.47 Å². The van der Waals surface area contributed by atoms with E-state index >= 15 is 0 Å². The summed E-state index contributed by atoms with van der Waals surface area (Å²) in [6.45, 7) is 6.75. The molecule has 1 N–H and O–H groups in total. The van der Waals surface area contributed by atoms with Gasteiger partial charge in [-0.2, -0.15) is 0 Å². The summed E-state index contributed by atoms with van der Waals surface area (Å²) in [5.74, 6) is 0. The SMILES string of the molecule is CC(COC(C)COC(C)CO)OP. The maximum absolute atomic E-state index is 8.72. The van der Waals surface area contributed by atoms with E-state index in [1.807, 2.05) is 20.8 Å². The van der Waals surface area contributed by atoms with E-state index in [4.69, 9.17) is 19.1 Å². The van der Waals surface area contributed by atoms with Crippen LogP contribution in [0.5, 0.6) is 0 Å². The number of rotatable bonds is 8. The Hall–Kier alpha value is 0.270. The molecule has 0 fully saturated rings. The van der Waals surface area contributed by atoms with Crippen LogP contribution in [-0.2, 0) is 14.0 Å². The molecule has 14 heavy (non-hydrogen) atoms. The molecule has 86 valence electrons. The van der Waals surface area contributed by atoms with Gasteiger partial charge in [-0.05, 0) is 20.8 Å². The van der Waals surface area contributed by atoms with Gasteiger partial charge in [0.15, 0.2) is 0 Å². The summed E-state index contributed by atoms with van der Waals surface area (Å²) in [5.41, 5.74) is 0. The number of hydrogen-bond donors (Lipinski definition) is 1. The largest absolute Gasteiger partial charge is 0.394 e. The molecule has 4 atom stereocenters. The number of hydrogen-bond acceptors (Lipinski definition) is 4. The molecular formula is C9H21O4P. The van der Waals surface area contributed by atoms with Crippen LogP contribution >= 0.6 is 9.47 Å². The highest BCUT2D eigenvalue weighted by Crippen LogP contribution is 2.01. The van der Waals surface area contributed by atoms with Gasteiger partial charge in [0.2, 0.25) is 0 Å². The lowest BCUT2D eigenvalue weighted by molar-refractivity contribution is -0.0576. The first-order chi connectivity index (χ1) is 6.60. The van der Waals surface area contributed by atoms with Gasteiger partial charge in [-0.25, -0.2) is 0 Å². The van der Waals surface area contributed by atoms with Crippen molar-refractivity contribution in [2.75, 3.05) is 19.8 Å². The molecule has 0 aliphatic rings. The van der Waals surface area contributed by atoms with Crippen LogP contribution in [0, 0.1) is 0 Å². The van der Waals surface area contributed by atoms with Crippen LogP contribution < -0.4 is 0 Å². The molecule has 0 spiro atoms. The topological polar surface area (TPSA) is 47.9 Å². The van der Waals surface area contributed by atoms with Gasteiger partial charge < -0.3 is 19.1 Å². The minimum Gasteiger partial charge on any atom is -0.394 e. The lowest BCUT2D eigenvalue weighted by atomic mass is 10.4. The maximum atomic E-state index is 8.72. The molecule has 0 heterocycles. The summed E-state index contributed by atoms with van der Waals surface area (Å²) in [6.07, 6.45) is -0.0410. The molecular weight excluding hydrogens is 203 g/mol. The summed E-state index contributed by atoms with van der Waals surface area (Å²) in [6, 6.07) is 0. The fourth-order valence-electron chi connectivity index (χ4n) is 0.740. The minimum absolute atomic E-state index is 0.0200. The highest BCUT2D eigenvalue weighted by molar-refractivity contribution is 7.09. The van der Waals surface area contributed by atoms with E-state index in [0.717, 1.165) is 0 Å². The van der Waals surface area contributed by atoms with Crippen molar-refractivity contribution in [3.63, 3.8) is 0 Å². The van der Waals surface area contributed by atoms with Gasteiger partial charge in [0.25, 0.3) is 0 Å². The fraction of sp³-hybridized carbons (Fsp3) is 1.00. The first-order valence-electron chi connectivity index (χ1n) is 4.79. The summed E-state index contributed by atoms with van der Waals surface area (Å²) < 4.78 is 15.7. The van der Waals surface area contributed by atoms with Crippen LogP contribution in [0.1, 0.15) is 20.8 Å². The van der Waals surface area contributed by atoms with Crippen LogP contribution in [0.4, 0.5) is 0 Å². The first-order valence-corrected chi connectivity index (χ1v) is 5.26. The average Bonchev–Trinajstić information content (AvgIpc) is 2.22. The summed E-state index contributed by atoms with van der Waals surface area (Å²) >= 11 is 0.